The monoisotopic (exact) mass is 640 g/mol. The number of anilines is 1. The van der Waals surface area contributed by atoms with Crippen LogP contribution in [0.25, 0.3) is 0 Å². The number of phenolic OH excluding ortho intramolecular Hbond substituents is 6. The second kappa shape index (κ2) is 12.0. The van der Waals surface area contributed by atoms with Crippen LogP contribution < -0.4 is 10.6 Å². The maximum absolute atomic E-state index is 13.2. The first kappa shape index (κ1) is 33.3. The van der Waals surface area contributed by atoms with Gasteiger partial charge in [0, 0.05) is 38.9 Å². The fourth-order valence-electron chi connectivity index (χ4n) is 5.29. The van der Waals surface area contributed by atoms with Crippen molar-refractivity contribution in [2.75, 3.05) is 38.7 Å². The third-order valence-electron chi connectivity index (χ3n) is 7.73. The normalized spacial score (nSPS) is 20.7. The molecule has 3 amide bonds. The number of aliphatic hydroxyl groups excluding tert-OH is 1. The van der Waals surface area contributed by atoms with Crippen LogP contribution in [0.3, 0.4) is 0 Å². The predicted octanol–water partition coefficient (Wildman–Crippen LogP) is -3.68. The summed E-state index contributed by atoms with van der Waals surface area (Å²) in [6.07, 6.45) is 0. The van der Waals surface area contributed by atoms with E-state index in [0.29, 0.717) is 31.2 Å². The van der Waals surface area contributed by atoms with Crippen molar-refractivity contribution < 1.29 is 75.3 Å². The first-order valence-electron chi connectivity index (χ1n) is 13.2. The van der Waals surface area contributed by atoms with Crippen molar-refractivity contribution in [1.82, 2.24) is 15.1 Å². The molecular formula is C26H32N4O15. The van der Waals surface area contributed by atoms with Crippen LogP contribution >= 0.6 is 0 Å². The van der Waals surface area contributed by atoms with E-state index < -0.39 is 94.2 Å². The highest BCUT2D eigenvalue weighted by Crippen LogP contribution is 2.49. The first-order valence-corrected chi connectivity index (χ1v) is 13.2. The third-order valence-corrected chi connectivity index (χ3v) is 7.73. The molecule has 19 heteroatoms. The zero-order chi connectivity index (χ0) is 33.6. The summed E-state index contributed by atoms with van der Waals surface area (Å²) in [7, 11) is 1.00. The fraction of sp³-hybridized carbons (Fsp3) is 0.423. The molecule has 0 aromatic heterocycles. The SMILES string of the molecule is CO.O=C1NC(=O)C(O)(O)C(O)(O)C1N1Cc2c(cc(O)c(O)c2NCc2c(O)c(O)c(CN3CCOCC3)c(O)c2O)C1=O. The Balaban J connectivity index is 0.00000226. The summed E-state index contributed by atoms with van der Waals surface area (Å²) in [4.78, 5) is 39.8. The molecule has 2 fully saturated rings. The van der Waals surface area contributed by atoms with Crippen LogP contribution in [0.5, 0.6) is 34.5 Å². The Hall–Kier alpha value is -4.63. The van der Waals surface area contributed by atoms with E-state index in [4.69, 9.17) is 9.84 Å². The number of amides is 3. The molecule has 0 saturated carbocycles. The molecule has 0 radical (unpaired) electrons. The van der Waals surface area contributed by atoms with E-state index in [9.17, 15) is 65.4 Å². The number of hydrogen-bond donors (Lipinski definition) is 13. The van der Waals surface area contributed by atoms with Crippen LogP contribution in [0.4, 0.5) is 5.69 Å². The van der Waals surface area contributed by atoms with E-state index in [0.717, 1.165) is 13.2 Å². The Kier molecular flexibility index (Phi) is 8.90. The predicted molar refractivity (Wildman–Crippen MR) is 146 cm³/mol. The molecule has 3 heterocycles. The first-order chi connectivity index (χ1) is 21.1. The van der Waals surface area contributed by atoms with Crippen molar-refractivity contribution in [1.29, 1.82) is 0 Å². The van der Waals surface area contributed by atoms with Gasteiger partial charge in [0.25, 0.3) is 23.5 Å². The number of fused-ring (bicyclic) bond motifs is 1. The number of phenols is 6. The zero-order valence-corrected chi connectivity index (χ0v) is 23.6. The largest absolute Gasteiger partial charge is 0.504 e. The molecule has 0 aliphatic carbocycles. The van der Waals surface area contributed by atoms with Crippen LogP contribution in [0.2, 0.25) is 0 Å². The van der Waals surface area contributed by atoms with Gasteiger partial charge >= 0.3 is 5.79 Å². The number of benzene rings is 2. The lowest BCUT2D eigenvalue weighted by atomic mass is 9.90. The number of carbonyl (C=O) groups is 3. The second-order valence-corrected chi connectivity index (χ2v) is 10.3. The lowest BCUT2D eigenvalue weighted by Gasteiger charge is -2.44. The fourth-order valence-corrected chi connectivity index (χ4v) is 5.29. The van der Waals surface area contributed by atoms with Gasteiger partial charge in [-0.1, -0.05) is 0 Å². The van der Waals surface area contributed by atoms with Crippen molar-refractivity contribution in [3.05, 3.63) is 28.3 Å². The molecule has 246 valence electrons. The van der Waals surface area contributed by atoms with Crippen LogP contribution in [0.15, 0.2) is 6.07 Å². The van der Waals surface area contributed by atoms with Crippen LogP contribution in [-0.4, -0.2) is 135 Å². The maximum Gasteiger partial charge on any atom is 0.303 e. The lowest BCUT2D eigenvalue weighted by molar-refractivity contribution is -0.355. The molecule has 13 N–H and O–H groups in total. The van der Waals surface area contributed by atoms with E-state index in [1.165, 1.54) is 5.32 Å². The molecule has 2 aromatic carbocycles. The van der Waals surface area contributed by atoms with Gasteiger partial charge in [-0.05, 0) is 6.07 Å². The van der Waals surface area contributed by atoms with Gasteiger partial charge in [-0.15, -0.1) is 0 Å². The van der Waals surface area contributed by atoms with E-state index in [1.54, 1.807) is 4.90 Å². The number of imide groups is 1. The highest BCUT2D eigenvalue weighted by atomic mass is 16.6. The van der Waals surface area contributed by atoms with Crippen molar-refractivity contribution in [3.63, 3.8) is 0 Å². The van der Waals surface area contributed by atoms with E-state index in [-0.39, 0.29) is 23.2 Å². The molecule has 0 spiro atoms. The summed E-state index contributed by atoms with van der Waals surface area (Å²) in [6, 6.07) is -1.67. The molecule has 1 unspecified atom stereocenters. The number of hydrogen-bond acceptors (Lipinski definition) is 17. The van der Waals surface area contributed by atoms with E-state index in [1.807, 2.05) is 0 Å². The zero-order valence-electron chi connectivity index (χ0n) is 23.6. The van der Waals surface area contributed by atoms with Gasteiger partial charge < -0.3 is 71.1 Å². The molecule has 2 saturated heterocycles. The highest BCUT2D eigenvalue weighted by molar-refractivity contribution is 6.09. The highest BCUT2D eigenvalue weighted by Gasteiger charge is 2.67. The van der Waals surface area contributed by atoms with Crippen molar-refractivity contribution >= 4 is 23.4 Å². The molecule has 5 rings (SSSR count). The van der Waals surface area contributed by atoms with E-state index in [2.05, 4.69) is 5.32 Å². The molecule has 19 nitrogen and oxygen atoms in total. The summed E-state index contributed by atoms with van der Waals surface area (Å²) in [5.41, 5.74) is -1.57. The maximum atomic E-state index is 13.2. The molecule has 1 atom stereocenters. The molecular weight excluding hydrogens is 608 g/mol. The van der Waals surface area contributed by atoms with Crippen molar-refractivity contribution in [2.24, 2.45) is 0 Å². The minimum Gasteiger partial charge on any atom is -0.504 e. The number of aliphatic hydroxyl groups is 5. The van der Waals surface area contributed by atoms with Crippen molar-refractivity contribution in [3.8, 4) is 34.5 Å². The smallest absolute Gasteiger partial charge is 0.303 e. The summed E-state index contributed by atoms with van der Waals surface area (Å²) < 4.78 is 5.25. The number of aromatic hydroxyl groups is 6. The van der Waals surface area contributed by atoms with Gasteiger partial charge in [0.05, 0.1) is 42.1 Å². The number of ether oxygens (including phenoxy) is 1. The minimum atomic E-state index is -3.92. The van der Waals surface area contributed by atoms with Gasteiger partial charge in [0.15, 0.2) is 40.5 Å². The second-order valence-electron chi connectivity index (χ2n) is 10.3. The molecule has 2 aromatic rings. The van der Waals surface area contributed by atoms with Gasteiger partial charge in [-0.2, -0.15) is 0 Å². The average molecular weight is 641 g/mol. The average Bonchev–Trinajstić information content (AvgIpc) is 3.31. The van der Waals surface area contributed by atoms with Crippen LogP contribution in [0, 0.1) is 0 Å². The van der Waals surface area contributed by atoms with Gasteiger partial charge in [-0.25, -0.2) is 0 Å². The van der Waals surface area contributed by atoms with Gasteiger partial charge in [0.2, 0.25) is 0 Å². The van der Waals surface area contributed by atoms with Gasteiger partial charge in [0.1, 0.15) is 0 Å². The van der Waals surface area contributed by atoms with Crippen molar-refractivity contribution in [2.45, 2.75) is 37.3 Å². The topological polar surface area (TPSA) is 314 Å². The number of rotatable bonds is 6. The number of carbonyl (C=O) groups excluding carboxylic acids is 3. The summed E-state index contributed by atoms with van der Waals surface area (Å²) >= 11 is 0. The molecule has 3 aliphatic rings. The summed E-state index contributed by atoms with van der Waals surface area (Å²) in [5.74, 6) is -17.1. The minimum absolute atomic E-state index is 0.0326. The van der Waals surface area contributed by atoms with Gasteiger partial charge in [-0.3, -0.25) is 24.6 Å². The number of nitrogens with one attached hydrogen (secondary N) is 2. The molecule has 45 heavy (non-hydrogen) atoms. The van der Waals surface area contributed by atoms with Crippen LogP contribution in [-0.2, 0) is 34.0 Å². The van der Waals surface area contributed by atoms with Crippen LogP contribution in [0.1, 0.15) is 27.0 Å². The summed E-state index contributed by atoms with van der Waals surface area (Å²) in [5, 5.41) is 115. The Morgan fingerprint density at radius 2 is 1.44 bits per heavy atom. The Morgan fingerprint density at radius 1 is 0.889 bits per heavy atom. The third kappa shape index (κ3) is 5.35. The molecule has 3 aliphatic heterocycles. The lowest BCUT2D eigenvalue weighted by Crippen LogP contribution is -2.79. The standard InChI is InChI=1S/C25H28N4O14.CH4O/c30-13-5-9-11(8-29(22(9)37)20-21(36)27-23(38)25(41,42)24(20,39)40)14(19(13)35)26-6-10-15(31)17(33)12(18(34)16(10)32)7-28-1-3-43-4-2-28;1-2/h5,20,26,30-35,39-42H,1-4,6-8H2,(H,27,36,38);2H,1H3. The Labute approximate surface area is 253 Å². The number of morpholine rings is 1. The Morgan fingerprint density at radius 3 is 2.02 bits per heavy atom. The molecule has 0 bridgehead atoms. The van der Waals surface area contributed by atoms with E-state index >= 15 is 0 Å². The quantitative estimate of drug-likeness (QED) is 0.0625. The Bertz CT molecular complexity index is 1510. The number of piperidine rings is 1. The summed E-state index contributed by atoms with van der Waals surface area (Å²) in [6.45, 7) is 0.351. The number of nitrogens with zero attached hydrogens (tertiary/aromatic N) is 2.